The molecule has 0 aromatic heterocycles. The molecule has 1 aromatic carbocycles. The Labute approximate surface area is 125 Å². The van der Waals surface area contributed by atoms with E-state index in [2.05, 4.69) is 10.6 Å². The van der Waals surface area contributed by atoms with Crippen LogP contribution in [0.3, 0.4) is 0 Å². The summed E-state index contributed by atoms with van der Waals surface area (Å²) in [4.78, 5) is 12.1. The minimum atomic E-state index is -4.37. The number of alkyl halides is 3. The molecule has 0 aliphatic carbocycles. The van der Waals surface area contributed by atoms with Crippen LogP contribution in [0.4, 0.5) is 13.2 Å². The van der Waals surface area contributed by atoms with Crippen molar-refractivity contribution in [2.45, 2.75) is 25.2 Å². The van der Waals surface area contributed by atoms with Crippen molar-refractivity contribution in [2.24, 2.45) is 0 Å². The first kappa shape index (κ1) is 16.2. The Kier molecular flexibility index (Phi) is 5.16. The summed E-state index contributed by atoms with van der Waals surface area (Å²) in [6, 6.07) is 4.30. The van der Waals surface area contributed by atoms with Gasteiger partial charge in [-0.05, 0) is 24.6 Å². The summed E-state index contributed by atoms with van der Waals surface area (Å²) >= 11 is 1.69. The smallest absolute Gasteiger partial charge is 0.348 e. The second kappa shape index (κ2) is 6.70. The first-order valence-electron chi connectivity index (χ1n) is 6.66. The minimum absolute atomic E-state index is 0.174. The molecule has 7 heteroatoms. The molecule has 1 saturated heterocycles. The molecule has 3 nitrogen and oxygen atoms in total. The maximum Gasteiger partial charge on any atom is 0.416 e. The number of carbonyl (C=O) groups excluding carboxylic acids is 1. The molecule has 0 bridgehead atoms. The molecule has 1 fully saturated rings. The Balaban J connectivity index is 2.02. The van der Waals surface area contributed by atoms with Crippen LogP contribution in [-0.2, 0) is 11.0 Å². The van der Waals surface area contributed by atoms with Crippen molar-refractivity contribution in [1.82, 2.24) is 10.6 Å². The van der Waals surface area contributed by atoms with Crippen LogP contribution in [0, 0.1) is 0 Å². The van der Waals surface area contributed by atoms with E-state index in [-0.39, 0.29) is 11.9 Å². The Morgan fingerprint density at radius 3 is 2.86 bits per heavy atom. The molecule has 1 aliphatic heterocycles. The van der Waals surface area contributed by atoms with Gasteiger partial charge in [-0.25, -0.2) is 0 Å². The minimum Gasteiger partial charge on any atom is -0.348 e. The zero-order valence-electron chi connectivity index (χ0n) is 11.5. The predicted molar refractivity (Wildman–Crippen MR) is 77.1 cm³/mol. The number of rotatable bonds is 3. The fourth-order valence-electron chi connectivity index (χ4n) is 2.12. The number of hydrogen-bond donors (Lipinski definition) is 2. The first-order valence-corrected chi connectivity index (χ1v) is 7.82. The zero-order chi connectivity index (χ0) is 15.5. The molecule has 1 amide bonds. The van der Waals surface area contributed by atoms with Gasteiger partial charge in [-0.1, -0.05) is 12.1 Å². The summed E-state index contributed by atoms with van der Waals surface area (Å²) < 4.78 is 38.1. The van der Waals surface area contributed by atoms with Crippen LogP contribution >= 0.6 is 11.8 Å². The largest absolute Gasteiger partial charge is 0.416 e. The van der Waals surface area contributed by atoms with E-state index >= 15 is 0 Å². The van der Waals surface area contributed by atoms with Crippen LogP contribution in [0.25, 0.3) is 0 Å². The second-order valence-electron chi connectivity index (χ2n) is 4.94. The Morgan fingerprint density at radius 1 is 1.48 bits per heavy atom. The van der Waals surface area contributed by atoms with Gasteiger partial charge in [0.15, 0.2) is 0 Å². The van der Waals surface area contributed by atoms with Crippen molar-refractivity contribution in [3.8, 4) is 0 Å². The van der Waals surface area contributed by atoms with Crippen molar-refractivity contribution < 1.29 is 18.0 Å². The van der Waals surface area contributed by atoms with Crippen molar-refractivity contribution in [2.75, 3.05) is 18.1 Å². The van der Waals surface area contributed by atoms with E-state index in [0.717, 1.165) is 24.4 Å². The third-order valence-electron chi connectivity index (χ3n) is 3.31. The highest BCUT2D eigenvalue weighted by molar-refractivity contribution is 7.99. The highest BCUT2D eigenvalue weighted by Gasteiger charge is 2.31. The summed E-state index contributed by atoms with van der Waals surface area (Å²) in [5.41, 5.74) is -0.255. The van der Waals surface area contributed by atoms with Crippen molar-refractivity contribution in [1.29, 1.82) is 0 Å². The number of benzene rings is 1. The van der Waals surface area contributed by atoms with Gasteiger partial charge in [-0.2, -0.15) is 24.9 Å². The summed E-state index contributed by atoms with van der Waals surface area (Å²) in [6.07, 6.45) is -4.37. The molecule has 2 atom stereocenters. The Morgan fingerprint density at radius 2 is 2.24 bits per heavy atom. The van der Waals surface area contributed by atoms with Gasteiger partial charge in [0.25, 0.3) is 0 Å². The molecule has 1 heterocycles. The summed E-state index contributed by atoms with van der Waals surface area (Å²) in [7, 11) is 0. The van der Waals surface area contributed by atoms with Crippen molar-refractivity contribution >= 4 is 17.7 Å². The first-order chi connectivity index (χ1) is 9.88. The van der Waals surface area contributed by atoms with Gasteiger partial charge in [0.2, 0.25) is 5.91 Å². The lowest BCUT2D eigenvalue weighted by Gasteiger charge is -2.24. The fraction of sp³-hybridized carbons (Fsp3) is 0.500. The van der Waals surface area contributed by atoms with Gasteiger partial charge < -0.3 is 10.6 Å². The lowest BCUT2D eigenvalue weighted by molar-refractivity contribution is -0.137. The number of halogens is 3. The van der Waals surface area contributed by atoms with Gasteiger partial charge in [-0.3, -0.25) is 4.79 Å². The van der Waals surface area contributed by atoms with Crippen LogP contribution < -0.4 is 10.6 Å². The SMILES string of the molecule is CC(NC(=O)C1CSCCN1)c1cccc(C(F)(F)F)c1. The number of amides is 1. The van der Waals surface area contributed by atoms with Gasteiger partial charge in [-0.15, -0.1) is 0 Å². The average Bonchev–Trinajstić information content (AvgIpc) is 2.47. The summed E-state index contributed by atoms with van der Waals surface area (Å²) in [6.45, 7) is 2.45. The molecule has 2 rings (SSSR count). The predicted octanol–water partition coefficient (Wildman–Crippen LogP) is 2.59. The molecule has 1 aliphatic rings. The number of thioether (sulfide) groups is 1. The molecule has 0 spiro atoms. The van der Waals surface area contributed by atoms with Crippen LogP contribution in [0.1, 0.15) is 24.1 Å². The molecule has 2 N–H and O–H groups in total. The van der Waals surface area contributed by atoms with Crippen LogP contribution in [0.15, 0.2) is 24.3 Å². The van der Waals surface area contributed by atoms with E-state index in [1.807, 2.05) is 0 Å². The molecule has 0 radical (unpaired) electrons. The molecule has 116 valence electrons. The van der Waals surface area contributed by atoms with E-state index in [4.69, 9.17) is 0 Å². The van der Waals surface area contributed by atoms with Gasteiger partial charge in [0, 0.05) is 18.1 Å². The molecular weight excluding hydrogens is 301 g/mol. The third kappa shape index (κ3) is 4.38. The normalized spacial score (nSPS) is 20.9. The summed E-state index contributed by atoms with van der Waals surface area (Å²) in [5, 5.41) is 5.86. The maximum absolute atomic E-state index is 12.7. The molecule has 1 aromatic rings. The number of hydrogen-bond acceptors (Lipinski definition) is 3. The van der Waals surface area contributed by atoms with Gasteiger partial charge in [0.05, 0.1) is 17.6 Å². The maximum atomic E-state index is 12.7. The quantitative estimate of drug-likeness (QED) is 0.900. The Bertz CT molecular complexity index is 501. The topological polar surface area (TPSA) is 41.1 Å². The number of nitrogens with one attached hydrogen (secondary N) is 2. The van der Waals surface area contributed by atoms with Crippen LogP contribution in [0.2, 0.25) is 0 Å². The Hall–Kier alpha value is -1.21. The highest BCUT2D eigenvalue weighted by atomic mass is 32.2. The van der Waals surface area contributed by atoms with E-state index in [0.29, 0.717) is 11.3 Å². The van der Waals surface area contributed by atoms with Crippen molar-refractivity contribution in [3.05, 3.63) is 35.4 Å². The average molecular weight is 318 g/mol. The van der Waals surface area contributed by atoms with Crippen molar-refractivity contribution in [3.63, 3.8) is 0 Å². The van der Waals surface area contributed by atoms with Gasteiger partial charge >= 0.3 is 6.18 Å². The third-order valence-corrected chi connectivity index (χ3v) is 4.37. The molecule has 0 saturated carbocycles. The highest BCUT2D eigenvalue weighted by Crippen LogP contribution is 2.30. The zero-order valence-corrected chi connectivity index (χ0v) is 12.4. The second-order valence-corrected chi connectivity index (χ2v) is 6.08. The number of carbonyl (C=O) groups is 1. The lowest BCUT2D eigenvalue weighted by atomic mass is 10.0. The van der Waals surface area contributed by atoms with Gasteiger partial charge in [0.1, 0.15) is 0 Å². The summed E-state index contributed by atoms with van der Waals surface area (Å²) in [5.74, 6) is 1.47. The standard InChI is InChI=1S/C14H17F3N2OS/c1-9(19-13(20)12-8-21-6-5-18-12)10-3-2-4-11(7-10)14(15,16)17/h2-4,7,9,12,18H,5-6,8H2,1H3,(H,19,20). The lowest BCUT2D eigenvalue weighted by Crippen LogP contribution is -2.49. The molecule has 21 heavy (non-hydrogen) atoms. The van der Waals surface area contributed by atoms with E-state index in [1.54, 1.807) is 24.8 Å². The fourth-order valence-corrected chi connectivity index (χ4v) is 3.05. The van der Waals surface area contributed by atoms with E-state index in [1.165, 1.54) is 6.07 Å². The monoisotopic (exact) mass is 318 g/mol. The van der Waals surface area contributed by atoms with Crippen LogP contribution in [0.5, 0.6) is 0 Å². The molecule has 2 unspecified atom stereocenters. The van der Waals surface area contributed by atoms with E-state index in [9.17, 15) is 18.0 Å². The van der Waals surface area contributed by atoms with E-state index < -0.39 is 17.8 Å². The molecular formula is C14H17F3N2OS. The van der Waals surface area contributed by atoms with Crippen LogP contribution in [-0.4, -0.2) is 30.0 Å².